The maximum atomic E-state index is 12.4. The third-order valence-corrected chi connectivity index (χ3v) is 5.06. The minimum Gasteiger partial charge on any atom is -0.481 e. The molecular formula is C22H30N2O2. The lowest BCUT2D eigenvalue weighted by Gasteiger charge is -2.26. The van der Waals surface area contributed by atoms with Gasteiger partial charge >= 0.3 is 0 Å². The lowest BCUT2D eigenvalue weighted by molar-refractivity contribution is -0.128. The van der Waals surface area contributed by atoms with Crippen molar-refractivity contribution in [3.05, 3.63) is 42.5 Å². The van der Waals surface area contributed by atoms with Crippen molar-refractivity contribution in [3.63, 3.8) is 0 Å². The standard InChI is InChI=1S/C22H30N2O2/c1-2-21(22(25)23-13-8-16-24-14-6-3-7-15-24)26-20-12-11-18-9-4-5-10-19(18)17-20/h4-5,9-12,17,21H,2-3,6-8,13-16H2,1H3,(H,23,25)/t21-/m1/s1. The van der Waals surface area contributed by atoms with E-state index in [-0.39, 0.29) is 5.91 Å². The third-order valence-electron chi connectivity index (χ3n) is 5.06. The van der Waals surface area contributed by atoms with E-state index in [0.717, 1.165) is 24.1 Å². The molecule has 0 spiro atoms. The van der Waals surface area contributed by atoms with Gasteiger partial charge in [-0.2, -0.15) is 0 Å². The number of ether oxygens (including phenoxy) is 1. The van der Waals surface area contributed by atoms with E-state index in [1.807, 2.05) is 37.3 Å². The van der Waals surface area contributed by atoms with Crippen LogP contribution >= 0.6 is 0 Å². The summed E-state index contributed by atoms with van der Waals surface area (Å²) in [4.78, 5) is 14.9. The summed E-state index contributed by atoms with van der Waals surface area (Å²) in [6.07, 6.45) is 5.19. The smallest absolute Gasteiger partial charge is 0.261 e. The van der Waals surface area contributed by atoms with Gasteiger partial charge in [-0.3, -0.25) is 4.79 Å². The Hall–Kier alpha value is -2.07. The average Bonchev–Trinajstić information content (AvgIpc) is 2.70. The zero-order valence-electron chi connectivity index (χ0n) is 15.7. The maximum absolute atomic E-state index is 12.4. The molecule has 1 heterocycles. The molecule has 26 heavy (non-hydrogen) atoms. The molecular weight excluding hydrogens is 324 g/mol. The molecule has 1 fully saturated rings. The molecule has 1 aliphatic heterocycles. The number of nitrogens with one attached hydrogen (secondary N) is 1. The highest BCUT2D eigenvalue weighted by Gasteiger charge is 2.18. The molecule has 0 bridgehead atoms. The molecule has 1 amide bonds. The van der Waals surface area contributed by atoms with Crippen LogP contribution < -0.4 is 10.1 Å². The number of amides is 1. The predicted octanol–water partition coefficient (Wildman–Crippen LogP) is 3.99. The van der Waals surface area contributed by atoms with E-state index in [2.05, 4.69) is 22.3 Å². The van der Waals surface area contributed by atoms with Gasteiger partial charge < -0.3 is 15.0 Å². The number of rotatable bonds is 8. The van der Waals surface area contributed by atoms with E-state index in [4.69, 9.17) is 4.74 Å². The third kappa shape index (κ3) is 5.21. The number of carbonyl (C=O) groups is 1. The molecule has 2 aromatic carbocycles. The SMILES string of the molecule is CC[C@@H](Oc1ccc2ccccc2c1)C(=O)NCCCN1CCCCC1. The van der Waals surface area contributed by atoms with E-state index in [0.29, 0.717) is 13.0 Å². The van der Waals surface area contributed by atoms with E-state index < -0.39 is 6.10 Å². The molecule has 1 atom stereocenters. The van der Waals surface area contributed by atoms with Gasteiger partial charge in [0.1, 0.15) is 5.75 Å². The van der Waals surface area contributed by atoms with Crippen molar-refractivity contribution in [2.45, 2.75) is 45.1 Å². The molecule has 3 rings (SSSR count). The minimum atomic E-state index is -0.439. The summed E-state index contributed by atoms with van der Waals surface area (Å²) in [5.41, 5.74) is 0. The molecule has 0 aromatic heterocycles. The topological polar surface area (TPSA) is 41.6 Å². The fraction of sp³-hybridized carbons (Fsp3) is 0.500. The van der Waals surface area contributed by atoms with Crippen molar-refractivity contribution in [1.29, 1.82) is 0 Å². The lowest BCUT2D eigenvalue weighted by atomic mass is 10.1. The van der Waals surface area contributed by atoms with Gasteiger partial charge in [0.2, 0.25) is 0 Å². The summed E-state index contributed by atoms with van der Waals surface area (Å²) in [6.45, 7) is 6.18. The van der Waals surface area contributed by atoms with Gasteiger partial charge in [0.15, 0.2) is 6.10 Å². The highest BCUT2D eigenvalue weighted by Crippen LogP contribution is 2.22. The van der Waals surface area contributed by atoms with Crippen LogP contribution in [0.15, 0.2) is 42.5 Å². The molecule has 140 valence electrons. The van der Waals surface area contributed by atoms with Gasteiger partial charge in [0, 0.05) is 6.54 Å². The van der Waals surface area contributed by atoms with Crippen LogP contribution in [0.5, 0.6) is 5.75 Å². The second-order valence-electron chi connectivity index (χ2n) is 7.07. The summed E-state index contributed by atoms with van der Waals surface area (Å²) in [6, 6.07) is 14.1. The zero-order chi connectivity index (χ0) is 18.2. The molecule has 0 aliphatic carbocycles. The first-order valence-electron chi connectivity index (χ1n) is 9.92. The molecule has 0 saturated carbocycles. The molecule has 1 saturated heterocycles. The Kier molecular flexibility index (Phi) is 6.89. The van der Waals surface area contributed by atoms with Gasteiger partial charge in [-0.15, -0.1) is 0 Å². The number of likely N-dealkylation sites (tertiary alicyclic amines) is 1. The first kappa shape index (κ1) is 18.7. The predicted molar refractivity (Wildman–Crippen MR) is 107 cm³/mol. The van der Waals surface area contributed by atoms with Gasteiger partial charge in [-0.05, 0) is 68.2 Å². The number of carbonyl (C=O) groups excluding carboxylic acids is 1. The van der Waals surface area contributed by atoms with Crippen LogP contribution in [0.3, 0.4) is 0 Å². The van der Waals surface area contributed by atoms with Gasteiger partial charge in [-0.1, -0.05) is 43.7 Å². The first-order valence-corrected chi connectivity index (χ1v) is 9.92. The quantitative estimate of drug-likeness (QED) is 0.729. The Bertz CT molecular complexity index is 710. The number of hydrogen-bond donors (Lipinski definition) is 1. The Balaban J connectivity index is 1.46. The number of hydrogen-bond acceptors (Lipinski definition) is 3. The maximum Gasteiger partial charge on any atom is 0.261 e. The normalized spacial score (nSPS) is 16.3. The molecule has 0 radical (unpaired) electrons. The van der Waals surface area contributed by atoms with Gasteiger partial charge in [0.05, 0.1) is 0 Å². The second kappa shape index (κ2) is 9.58. The van der Waals surface area contributed by atoms with Crippen LogP contribution in [0.1, 0.15) is 39.0 Å². The summed E-state index contributed by atoms with van der Waals surface area (Å²) in [5.74, 6) is 0.735. The van der Waals surface area contributed by atoms with Gasteiger partial charge in [-0.25, -0.2) is 0 Å². The monoisotopic (exact) mass is 354 g/mol. The van der Waals surface area contributed by atoms with Crippen molar-refractivity contribution in [3.8, 4) is 5.75 Å². The van der Waals surface area contributed by atoms with Crippen LogP contribution in [0, 0.1) is 0 Å². The molecule has 1 aliphatic rings. The Labute approximate surface area is 156 Å². The van der Waals surface area contributed by atoms with Gasteiger partial charge in [0.25, 0.3) is 5.91 Å². The van der Waals surface area contributed by atoms with E-state index >= 15 is 0 Å². The fourth-order valence-electron chi connectivity index (χ4n) is 3.54. The number of benzene rings is 2. The lowest BCUT2D eigenvalue weighted by Crippen LogP contribution is -2.39. The Morgan fingerprint density at radius 2 is 1.88 bits per heavy atom. The minimum absolute atomic E-state index is 0.0145. The Morgan fingerprint density at radius 3 is 2.65 bits per heavy atom. The van der Waals surface area contributed by atoms with Crippen molar-refractivity contribution >= 4 is 16.7 Å². The van der Waals surface area contributed by atoms with Crippen LogP contribution in [-0.4, -0.2) is 43.1 Å². The molecule has 0 unspecified atom stereocenters. The summed E-state index contributed by atoms with van der Waals surface area (Å²) in [5, 5.41) is 5.34. The van der Waals surface area contributed by atoms with Crippen molar-refractivity contribution < 1.29 is 9.53 Å². The highest BCUT2D eigenvalue weighted by atomic mass is 16.5. The molecule has 2 aromatic rings. The van der Waals surface area contributed by atoms with Crippen LogP contribution in [0.2, 0.25) is 0 Å². The number of nitrogens with zero attached hydrogens (tertiary/aromatic N) is 1. The molecule has 1 N–H and O–H groups in total. The zero-order valence-corrected chi connectivity index (χ0v) is 15.7. The molecule has 4 nitrogen and oxygen atoms in total. The number of fused-ring (bicyclic) bond motifs is 1. The average molecular weight is 354 g/mol. The Morgan fingerprint density at radius 1 is 1.12 bits per heavy atom. The number of piperidine rings is 1. The van der Waals surface area contributed by atoms with E-state index in [1.54, 1.807) is 0 Å². The second-order valence-corrected chi connectivity index (χ2v) is 7.07. The summed E-state index contributed by atoms with van der Waals surface area (Å²) in [7, 11) is 0. The van der Waals surface area contributed by atoms with Crippen LogP contribution in [0.4, 0.5) is 0 Å². The summed E-state index contributed by atoms with van der Waals surface area (Å²) >= 11 is 0. The summed E-state index contributed by atoms with van der Waals surface area (Å²) < 4.78 is 5.96. The van der Waals surface area contributed by atoms with Crippen LogP contribution in [0.25, 0.3) is 10.8 Å². The first-order chi connectivity index (χ1) is 12.8. The largest absolute Gasteiger partial charge is 0.481 e. The van der Waals surface area contributed by atoms with Crippen LogP contribution in [-0.2, 0) is 4.79 Å². The van der Waals surface area contributed by atoms with E-state index in [1.165, 1.54) is 37.7 Å². The van der Waals surface area contributed by atoms with E-state index in [9.17, 15) is 4.79 Å². The fourth-order valence-corrected chi connectivity index (χ4v) is 3.54. The molecule has 4 heteroatoms. The van der Waals surface area contributed by atoms with Crippen molar-refractivity contribution in [1.82, 2.24) is 10.2 Å². The van der Waals surface area contributed by atoms with Crippen molar-refractivity contribution in [2.24, 2.45) is 0 Å². The van der Waals surface area contributed by atoms with Crippen molar-refractivity contribution in [2.75, 3.05) is 26.2 Å². The highest BCUT2D eigenvalue weighted by molar-refractivity contribution is 5.84.